The van der Waals surface area contributed by atoms with Crippen LogP contribution < -0.4 is 15.4 Å². The van der Waals surface area contributed by atoms with Gasteiger partial charge < -0.3 is 24.8 Å². The Morgan fingerprint density at radius 1 is 1.23 bits per heavy atom. The number of hydrogen-bond acceptors (Lipinski definition) is 8. The summed E-state index contributed by atoms with van der Waals surface area (Å²) in [7, 11) is 1.36. The van der Waals surface area contributed by atoms with Gasteiger partial charge in [-0.1, -0.05) is 18.2 Å². The highest BCUT2D eigenvalue weighted by atomic mass is 32.1. The van der Waals surface area contributed by atoms with Crippen LogP contribution in [0.2, 0.25) is 0 Å². The van der Waals surface area contributed by atoms with Gasteiger partial charge in [-0.05, 0) is 35.2 Å². The molecule has 0 unspecified atom stereocenters. The zero-order chi connectivity index (χ0) is 20.9. The van der Waals surface area contributed by atoms with Gasteiger partial charge in [0.05, 0.1) is 42.1 Å². The molecule has 0 amide bonds. The van der Waals surface area contributed by atoms with E-state index in [0.29, 0.717) is 30.3 Å². The normalized spacial score (nSPS) is 13.8. The van der Waals surface area contributed by atoms with E-state index in [4.69, 9.17) is 19.9 Å². The van der Waals surface area contributed by atoms with Gasteiger partial charge in [-0.3, -0.25) is 0 Å². The monoisotopic (exact) mass is 425 g/mol. The lowest BCUT2D eigenvalue weighted by Gasteiger charge is -2.30. The summed E-state index contributed by atoms with van der Waals surface area (Å²) in [6.07, 6.45) is 0. The van der Waals surface area contributed by atoms with Gasteiger partial charge in [-0.25, -0.2) is 9.78 Å². The molecule has 3 aromatic rings. The lowest BCUT2D eigenvalue weighted by Crippen LogP contribution is -2.36. The summed E-state index contributed by atoms with van der Waals surface area (Å²) in [6, 6.07) is 13.1. The summed E-state index contributed by atoms with van der Waals surface area (Å²) in [5, 5.41) is 2.02. The van der Waals surface area contributed by atoms with E-state index >= 15 is 0 Å². The molecule has 0 radical (unpaired) electrons. The molecule has 0 saturated carbocycles. The first-order valence-electron chi connectivity index (χ1n) is 9.63. The average molecular weight is 426 g/mol. The molecular formula is C22H23N3O4S. The van der Waals surface area contributed by atoms with Crippen LogP contribution >= 0.6 is 11.3 Å². The van der Waals surface area contributed by atoms with Crippen molar-refractivity contribution in [1.29, 1.82) is 0 Å². The number of ether oxygens (including phenoxy) is 3. The van der Waals surface area contributed by atoms with Crippen LogP contribution in [0.4, 0.5) is 11.4 Å². The Hall–Kier alpha value is -3.10. The third kappa shape index (κ3) is 4.39. The number of hydrogen-bond donors (Lipinski definition) is 1. The second-order valence-corrected chi connectivity index (χ2v) is 7.75. The maximum atomic E-state index is 11.6. The van der Waals surface area contributed by atoms with Crippen molar-refractivity contribution < 1.29 is 19.0 Å². The third-order valence-corrected chi connectivity index (χ3v) is 5.77. The first kappa shape index (κ1) is 20.2. The minimum absolute atomic E-state index is 0.287. The number of methoxy groups -OCH3 is 1. The molecule has 1 fully saturated rings. The Morgan fingerprint density at radius 2 is 2.00 bits per heavy atom. The maximum Gasteiger partial charge on any atom is 0.337 e. The molecule has 1 aliphatic rings. The molecule has 156 valence electrons. The fraction of sp³-hybridized carbons (Fsp3) is 0.273. The van der Waals surface area contributed by atoms with E-state index < -0.39 is 0 Å². The van der Waals surface area contributed by atoms with Crippen LogP contribution in [0.5, 0.6) is 5.88 Å². The molecule has 1 aliphatic heterocycles. The molecule has 0 spiro atoms. The van der Waals surface area contributed by atoms with Crippen molar-refractivity contribution in [2.75, 3.05) is 44.0 Å². The van der Waals surface area contributed by atoms with Crippen LogP contribution in [0.15, 0.2) is 47.8 Å². The smallest absolute Gasteiger partial charge is 0.337 e. The van der Waals surface area contributed by atoms with Crippen LogP contribution in [-0.4, -0.2) is 44.4 Å². The van der Waals surface area contributed by atoms with Crippen molar-refractivity contribution in [2.45, 2.75) is 6.61 Å². The predicted octanol–water partition coefficient (Wildman–Crippen LogP) is 3.59. The minimum Gasteiger partial charge on any atom is -0.471 e. The van der Waals surface area contributed by atoms with Crippen LogP contribution in [0.25, 0.3) is 10.6 Å². The van der Waals surface area contributed by atoms with E-state index in [9.17, 15) is 4.79 Å². The molecule has 4 rings (SSSR count). The topological polar surface area (TPSA) is 86.9 Å². The zero-order valence-electron chi connectivity index (χ0n) is 16.7. The maximum absolute atomic E-state index is 11.6. The molecule has 0 atom stereocenters. The third-order valence-electron chi connectivity index (χ3n) is 4.88. The number of aromatic nitrogens is 1. The van der Waals surface area contributed by atoms with Gasteiger partial charge in [0.2, 0.25) is 5.88 Å². The van der Waals surface area contributed by atoms with Gasteiger partial charge in [0.25, 0.3) is 0 Å². The number of pyridine rings is 1. The molecule has 2 aromatic heterocycles. The first-order valence-corrected chi connectivity index (χ1v) is 10.5. The van der Waals surface area contributed by atoms with Crippen LogP contribution in [0.3, 0.4) is 0 Å². The lowest BCUT2D eigenvalue weighted by atomic mass is 10.1. The SMILES string of the molecule is COC(=O)c1ccc(COc2nc(-c3cccs3)cc(N3CCOCC3)c2N)cc1. The fourth-order valence-corrected chi connectivity index (χ4v) is 3.94. The Kier molecular flexibility index (Phi) is 6.15. The number of nitrogens with two attached hydrogens (primary N) is 1. The summed E-state index contributed by atoms with van der Waals surface area (Å²) in [5.74, 6) is 0.0339. The minimum atomic E-state index is -0.368. The Morgan fingerprint density at radius 3 is 2.67 bits per heavy atom. The van der Waals surface area contributed by atoms with E-state index in [2.05, 4.69) is 9.88 Å². The number of nitrogens with zero attached hydrogens (tertiary/aromatic N) is 2. The summed E-state index contributed by atoms with van der Waals surface area (Å²) >= 11 is 1.62. The molecule has 2 N–H and O–H groups in total. The van der Waals surface area contributed by atoms with Gasteiger partial charge in [0.15, 0.2) is 0 Å². The standard InChI is InChI=1S/C22H23N3O4S/c1-27-22(26)16-6-4-15(5-7-16)14-29-21-20(23)18(25-8-10-28-11-9-25)13-17(24-21)19-3-2-12-30-19/h2-7,12-13H,8-11,14,23H2,1H3. The number of esters is 1. The number of benzene rings is 1. The van der Waals surface area contributed by atoms with Crippen LogP contribution in [-0.2, 0) is 16.1 Å². The zero-order valence-corrected chi connectivity index (χ0v) is 17.5. The highest BCUT2D eigenvalue weighted by Gasteiger charge is 2.20. The van der Waals surface area contributed by atoms with Crippen molar-refractivity contribution in [1.82, 2.24) is 4.98 Å². The van der Waals surface area contributed by atoms with Crippen LogP contribution in [0, 0.1) is 0 Å². The molecule has 0 aliphatic carbocycles. The van der Waals surface area contributed by atoms with Gasteiger partial charge in [-0.2, -0.15) is 0 Å². The Bertz CT molecular complexity index is 1000. The van der Waals surface area contributed by atoms with Gasteiger partial charge in [-0.15, -0.1) is 11.3 Å². The molecular weight excluding hydrogens is 402 g/mol. The van der Waals surface area contributed by atoms with E-state index in [1.54, 1.807) is 23.5 Å². The molecule has 8 heteroatoms. The second-order valence-electron chi connectivity index (χ2n) is 6.80. The Labute approximate surface area is 179 Å². The fourth-order valence-electron chi connectivity index (χ4n) is 3.25. The number of morpholine rings is 1. The second kappa shape index (κ2) is 9.15. The van der Waals surface area contributed by atoms with Crippen molar-refractivity contribution >= 4 is 28.7 Å². The molecule has 1 aromatic carbocycles. The number of carbonyl (C=O) groups excluding carboxylic acids is 1. The largest absolute Gasteiger partial charge is 0.471 e. The van der Waals surface area contributed by atoms with E-state index in [-0.39, 0.29) is 12.6 Å². The number of nitrogen functional groups attached to an aromatic ring is 1. The van der Waals surface area contributed by atoms with Gasteiger partial charge >= 0.3 is 5.97 Å². The van der Waals surface area contributed by atoms with Gasteiger partial charge in [0, 0.05) is 13.1 Å². The average Bonchev–Trinajstić information content (AvgIpc) is 3.34. The van der Waals surface area contributed by atoms with Crippen molar-refractivity contribution in [3.05, 3.63) is 59.0 Å². The highest BCUT2D eigenvalue weighted by Crippen LogP contribution is 2.37. The molecule has 1 saturated heterocycles. The predicted molar refractivity (Wildman–Crippen MR) is 117 cm³/mol. The first-order chi connectivity index (χ1) is 14.7. The number of thiophene rings is 1. The van der Waals surface area contributed by atoms with Crippen LogP contribution in [0.1, 0.15) is 15.9 Å². The number of rotatable bonds is 6. The summed E-state index contributed by atoms with van der Waals surface area (Å²) in [4.78, 5) is 19.5. The molecule has 3 heterocycles. The van der Waals surface area contributed by atoms with E-state index in [1.807, 2.05) is 35.7 Å². The van der Waals surface area contributed by atoms with Gasteiger partial charge in [0.1, 0.15) is 12.3 Å². The van der Waals surface area contributed by atoms with Crippen molar-refractivity contribution in [2.24, 2.45) is 0 Å². The van der Waals surface area contributed by atoms with E-state index in [1.165, 1.54) is 7.11 Å². The molecule has 7 nitrogen and oxygen atoms in total. The molecule has 30 heavy (non-hydrogen) atoms. The lowest BCUT2D eigenvalue weighted by molar-refractivity contribution is 0.0600. The summed E-state index contributed by atoms with van der Waals surface area (Å²) in [5.41, 5.74) is 10.1. The van der Waals surface area contributed by atoms with Crippen molar-refractivity contribution in [3.8, 4) is 16.5 Å². The number of carbonyl (C=O) groups is 1. The summed E-state index contributed by atoms with van der Waals surface area (Å²) < 4.78 is 16.2. The van der Waals surface area contributed by atoms with E-state index in [0.717, 1.165) is 34.9 Å². The highest BCUT2D eigenvalue weighted by molar-refractivity contribution is 7.13. The van der Waals surface area contributed by atoms with Crippen molar-refractivity contribution in [3.63, 3.8) is 0 Å². The Balaban J connectivity index is 1.59. The quantitative estimate of drug-likeness (QED) is 0.604. The summed E-state index contributed by atoms with van der Waals surface area (Å²) in [6.45, 7) is 3.16. The molecule has 0 bridgehead atoms. The number of anilines is 2.